The number of aryl methyl sites for hydroxylation is 1. The van der Waals surface area contributed by atoms with Crippen LogP contribution in [0.1, 0.15) is 19.4 Å². The third-order valence-corrected chi connectivity index (χ3v) is 2.68. The van der Waals surface area contributed by atoms with Gasteiger partial charge >= 0.3 is 0 Å². The highest BCUT2D eigenvalue weighted by Crippen LogP contribution is 2.23. The van der Waals surface area contributed by atoms with Crippen molar-refractivity contribution < 1.29 is 9.59 Å². The molecule has 16 heavy (non-hydrogen) atoms. The zero-order valence-electron chi connectivity index (χ0n) is 9.36. The molecule has 82 valence electrons. The number of anilines is 1. The molecule has 0 spiro atoms. The highest BCUT2D eigenvalue weighted by molar-refractivity contribution is 6.30. The van der Waals surface area contributed by atoms with Crippen molar-refractivity contribution in [2.45, 2.75) is 20.3 Å². The maximum Gasteiger partial charge on any atom is 0.261 e. The quantitative estimate of drug-likeness (QED) is 0.708. The molecular weight excluding hydrogens is 202 g/mol. The summed E-state index contributed by atoms with van der Waals surface area (Å²) >= 11 is 0. The van der Waals surface area contributed by atoms with Crippen molar-refractivity contribution in [1.29, 1.82) is 0 Å². The van der Waals surface area contributed by atoms with Crippen LogP contribution in [-0.2, 0) is 16.0 Å². The zero-order chi connectivity index (χ0) is 11.7. The molecule has 0 fully saturated rings. The summed E-state index contributed by atoms with van der Waals surface area (Å²) in [6.45, 7) is 3.69. The van der Waals surface area contributed by atoms with E-state index in [0.29, 0.717) is 11.3 Å². The van der Waals surface area contributed by atoms with E-state index in [-0.39, 0.29) is 11.8 Å². The van der Waals surface area contributed by atoms with Gasteiger partial charge in [0.2, 0.25) is 0 Å². The molecule has 1 aliphatic rings. The lowest BCUT2D eigenvalue weighted by Gasteiger charge is -2.15. The van der Waals surface area contributed by atoms with Gasteiger partial charge in [0.1, 0.15) is 0 Å². The Balaban J connectivity index is 2.39. The summed E-state index contributed by atoms with van der Waals surface area (Å²) < 4.78 is 0. The minimum absolute atomic E-state index is 0.224. The van der Waals surface area contributed by atoms with Gasteiger partial charge in [-0.2, -0.15) is 0 Å². The summed E-state index contributed by atoms with van der Waals surface area (Å²) in [5.41, 5.74) is 2.26. The van der Waals surface area contributed by atoms with Crippen LogP contribution in [0.3, 0.4) is 0 Å². The van der Waals surface area contributed by atoms with Crippen LogP contribution in [-0.4, -0.2) is 11.8 Å². The van der Waals surface area contributed by atoms with Gasteiger partial charge in [0, 0.05) is 11.6 Å². The van der Waals surface area contributed by atoms with E-state index in [0.717, 1.165) is 12.0 Å². The molecule has 0 bridgehead atoms. The van der Waals surface area contributed by atoms with Gasteiger partial charge in [0.25, 0.3) is 11.8 Å². The van der Waals surface area contributed by atoms with Crippen LogP contribution in [0.25, 0.3) is 0 Å². The van der Waals surface area contributed by atoms with Gasteiger partial charge in [-0.3, -0.25) is 9.59 Å². The summed E-state index contributed by atoms with van der Waals surface area (Å²) in [6, 6.07) is 7.50. The predicted molar refractivity (Wildman–Crippen MR) is 62.1 cm³/mol. The molecule has 1 aromatic carbocycles. The molecule has 0 unspecified atom stereocenters. The summed E-state index contributed by atoms with van der Waals surface area (Å²) in [7, 11) is 0. The van der Waals surface area contributed by atoms with Crippen molar-refractivity contribution in [3.8, 4) is 0 Å². The normalized spacial score (nSPS) is 15.6. The van der Waals surface area contributed by atoms with Gasteiger partial charge < -0.3 is 0 Å². The molecule has 3 nitrogen and oxygen atoms in total. The fourth-order valence-electron chi connectivity index (χ4n) is 1.75. The number of rotatable bonds is 2. The standard InChI is InChI=1S/C13H13NO2/c1-3-10-5-4-6-11(8-10)14-12(15)7-9(2)13(14)16/h4-8H,3H2,1-2H3. The monoisotopic (exact) mass is 215 g/mol. The Kier molecular flexibility index (Phi) is 2.60. The Morgan fingerprint density at radius 1 is 1.25 bits per heavy atom. The minimum atomic E-state index is -0.254. The number of benzene rings is 1. The van der Waals surface area contributed by atoms with E-state index in [4.69, 9.17) is 0 Å². The molecule has 0 aliphatic carbocycles. The lowest BCUT2D eigenvalue weighted by molar-refractivity contribution is -0.120. The highest BCUT2D eigenvalue weighted by Gasteiger charge is 2.29. The molecule has 2 amide bonds. The van der Waals surface area contributed by atoms with Crippen molar-refractivity contribution in [3.63, 3.8) is 0 Å². The van der Waals surface area contributed by atoms with Crippen LogP contribution >= 0.6 is 0 Å². The zero-order valence-corrected chi connectivity index (χ0v) is 9.36. The van der Waals surface area contributed by atoms with E-state index in [1.165, 1.54) is 11.0 Å². The largest absolute Gasteiger partial charge is 0.269 e. The first kappa shape index (κ1) is 10.6. The third kappa shape index (κ3) is 1.65. The second-order valence-corrected chi connectivity index (χ2v) is 3.83. The molecule has 1 heterocycles. The fourth-order valence-corrected chi connectivity index (χ4v) is 1.75. The van der Waals surface area contributed by atoms with Crippen molar-refractivity contribution in [2.24, 2.45) is 0 Å². The summed E-state index contributed by atoms with van der Waals surface area (Å²) in [5, 5.41) is 0. The smallest absolute Gasteiger partial charge is 0.261 e. The Bertz CT molecular complexity index is 488. The van der Waals surface area contributed by atoms with E-state index in [1.54, 1.807) is 13.0 Å². The minimum Gasteiger partial charge on any atom is -0.269 e. The molecule has 0 saturated carbocycles. The van der Waals surface area contributed by atoms with E-state index in [9.17, 15) is 9.59 Å². The van der Waals surface area contributed by atoms with Crippen LogP contribution < -0.4 is 4.90 Å². The molecule has 0 aromatic heterocycles. The number of nitrogens with zero attached hydrogens (tertiary/aromatic N) is 1. The molecule has 0 atom stereocenters. The second kappa shape index (κ2) is 3.93. The Labute approximate surface area is 94.4 Å². The van der Waals surface area contributed by atoms with E-state index < -0.39 is 0 Å². The lowest BCUT2D eigenvalue weighted by Crippen LogP contribution is -2.30. The molecule has 0 radical (unpaired) electrons. The van der Waals surface area contributed by atoms with Gasteiger partial charge in [0.05, 0.1) is 5.69 Å². The average Bonchev–Trinajstić information content (AvgIpc) is 2.53. The fraction of sp³-hybridized carbons (Fsp3) is 0.231. The molecule has 2 rings (SSSR count). The molecule has 1 aromatic rings. The first-order chi connectivity index (χ1) is 7.63. The summed E-state index contributed by atoms with van der Waals surface area (Å²) in [4.78, 5) is 24.6. The lowest BCUT2D eigenvalue weighted by atomic mass is 10.1. The van der Waals surface area contributed by atoms with Crippen LogP contribution in [0.15, 0.2) is 35.9 Å². The number of hydrogen-bond donors (Lipinski definition) is 0. The average molecular weight is 215 g/mol. The van der Waals surface area contributed by atoms with E-state index in [1.807, 2.05) is 25.1 Å². The van der Waals surface area contributed by atoms with Gasteiger partial charge in [-0.25, -0.2) is 4.90 Å². The molecule has 1 aliphatic heterocycles. The van der Waals surface area contributed by atoms with Gasteiger partial charge in [0.15, 0.2) is 0 Å². The Morgan fingerprint density at radius 3 is 2.56 bits per heavy atom. The van der Waals surface area contributed by atoms with Crippen molar-refractivity contribution >= 4 is 17.5 Å². The number of carbonyl (C=O) groups is 2. The first-order valence-electron chi connectivity index (χ1n) is 5.29. The third-order valence-electron chi connectivity index (χ3n) is 2.68. The second-order valence-electron chi connectivity index (χ2n) is 3.83. The summed E-state index contributed by atoms with van der Waals surface area (Å²) in [6.07, 6.45) is 2.26. The van der Waals surface area contributed by atoms with Gasteiger partial charge in [-0.1, -0.05) is 19.1 Å². The SMILES string of the molecule is CCc1cccc(N2C(=O)C=C(C)C2=O)c1. The molecule has 0 N–H and O–H groups in total. The Hall–Kier alpha value is -1.90. The maximum absolute atomic E-state index is 11.8. The van der Waals surface area contributed by atoms with Crippen molar-refractivity contribution in [2.75, 3.05) is 4.90 Å². The first-order valence-corrected chi connectivity index (χ1v) is 5.29. The van der Waals surface area contributed by atoms with Crippen molar-refractivity contribution in [1.82, 2.24) is 0 Å². The van der Waals surface area contributed by atoms with Crippen LogP contribution in [0, 0.1) is 0 Å². The highest BCUT2D eigenvalue weighted by atomic mass is 16.2. The summed E-state index contributed by atoms with van der Waals surface area (Å²) in [5.74, 6) is -0.478. The van der Waals surface area contributed by atoms with Crippen LogP contribution in [0.4, 0.5) is 5.69 Å². The van der Waals surface area contributed by atoms with E-state index >= 15 is 0 Å². The maximum atomic E-state index is 11.8. The van der Waals surface area contributed by atoms with E-state index in [2.05, 4.69) is 0 Å². The van der Waals surface area contributed by atoms with Gasteiger partial charge in [-0.05, 0) is 31.0 Å². The van der Waals surface area contributed by atoms with Gasteiger partial charge in [-0.15, -0.1) is 0 Å². The predicted octanol–water partition coefficient (Wildman–Crippen LogP) is 2.07. The molecule has 0 saturated heterocycles. The Morgan fingerprint density at radius 2 is 2.00 bits per heavy atom. The van der Waals surface area contributed by atoms with Crippen LogP contribution in [0.5, 0.6) is 0 Å². The number of carbonyl (C=O) groups excluding carboxylic acids is 2. The van der Waals surface area contributed by atoms with Crippen LogP contribution in [0.2, 0.25) is 0 Å². The topological polar surface area (TPSA) is 37.4 Å². The number of amides is 2. The number of hydrogen-bond acceptors (Lipinski definition) is 2. The number of imide groups is 1. The molecule has 3 heteroatoms. The van der Waals surface area contributed by atoms with Crippen molar-refractivity contribution in [3.05, 3.63) is 41.5 Å². The molecular formula is C13H13NO2.